The van der Waals surface area contributed by atoms with Crippen LogP contribution in [0, 0.1) is 12.8 Å². The molecule has 3 unspecified atom stereocenters. The summed E-state index contributed by atoms with van der Waals surface area (Å²) in [5, 5.41) is 10.4. The Balaban J connectivity index is 1.75. The topological polar surface area (TPSA) is 20.2 Å². The molecule has 3 rings (SSSR count). The lowest BCUT2D eigenvalue weighted by Gasteiger charge is -2.07. The summed E-state index contributed by atoms with van der Waals surface area (Å²) in [5.74, 6) is 0.916. The highest BCUT2D eigenvalue weighted by molar-refractivity contribution is 9.10. The van der Waals surface area contributed by atoms with Crippen molar-refractivity contribution in [3.63, 3.8) is 0 Å². The van der Waals surface area contributed by atoms with Crippen LogP contribution in [0.15, 0.2) is 40.9 Å². The molecule has 94 valence electrons. The van der Waals surface area contributed by atoms with Crippen LogP contribution in [0.3, 0.4) is 0 Å². The van der Waals surface area contributed by atoms with E-state index in [1.54, 1.807) is 11.3 Å². The summed E-state index contributed by atoms with van der Waals surface area (Å²) in [5.41, 5.74) is 1.36. The molecule has 0 amide bonds. The zero-order chi connectivity index (χ0) is 12.7. The summed E-state index contributed by atoms with van der Waals surface area (Å²) in [6.07, 6.45) is 0.782. The van der Waals surface area contributed by atoms with Gasteiger partial charge in [-0.2, -0.15) is 0 Å². The molecule has 1 nitrogen and oxygen atoms in total. The van der Waals surface area contributed by atoms with Crippen molar-refractivity contribution >= 4 is 27.3 Å². The molecule has 0 aliphatic heterocycles. The maximum absolute atomic E-state index is 10.4. The van der Waals surface area contributed by atoms with Gasteiger partial charge in [-0.25, -0.2) is 0 Å². The first kappa shape index (κ1) is 12.4. The molecule has 1 aliphatic rings. The molecule has 3 atom stereocenters. The molecular weight excluding hydrogens is 308 g/mol. The van der Waals surface area contributed by atoms with Crippen LogP contribution in [0.2, 0.25) is 0 Å². The lowest BCUT2D eigenvalue weighted by Crippen LogP contribution is -1.98. The van der Waals surface area contributed by atoms with E-state index in [1.165, 1.54) is 10.4 Å². The molecule has 0 spiro atoms. The largest absolute Gasteiger partial charge is 0.387 e. The van der Waals surface area contributed by atoms with Crippen LogP contribution in [0.25, 0.3) is 0 Å². The SMILES string of the molecule is Cc1sc(C(O)C2CC2c2ccccc2)cc1Br. The van der Waals surface area contributed by atoms with Crippen LogP contribution < -0.4 is 0 Å². The Kier molecular flexibility index (Phi) is 3.31. The van der Waals surface area contributed by atoms with Crippen molar-refractivity contribution in [2.45, 2.75) is 25.4 Å². The van der Waals surface area contributed by atoms with Gasteiger partial charge in [0.1, 0.15) is 0 Å². The number of aliphatic hydroxyl groups excluding tert-OH is 1. The van der Waals surface area contributed by atoms with E-state index in [2.05, 4.69) is 53.2 Å². The van der Waals surface area contributed by atoms with E-state index in [0.717, 1.165) is 15.8 Å². The molecule has 1 saturated carbocycles. The average Bonchev–Trinajstić information content (AvgIpc) is 3.11. The normalized spacial score (nSPS) is 23.9. The van der Waals surface area contributed by atoms with Crippen molar-refractivity contribution in [1.82, 2.24) is 0 Å². The summed E-state index contributed by atoms with van der Waals surface area (Å²) in [6.45, 7) is 2.08. The summed E-state index contributed by atoms with van der Waals surface area (Å²) < 4.78 is 1.11. The third-order valence-corrected chi connectivity index (χ3v) is 5.85. The highest BCUT2D eigenvalue weighted by Gasteiger charge is 2.44. The summed E-state index contributed by atoms with van der Waals surface area (Å²) in [7, 11) is 0. The smallest absolute Gasteiger partial charge is 0.0916 e. The maximum atomic E-state index is 10.4. The summed E-state index contributed by atoms with van der Waals surface area (Å²) >= 11 is 5.20. The molecule has 1 aliphatic carbocycles. The van der Waals surface area contributed by atoms with E-state index in [4.69, 9.17) is 0 Å². The number of aliphatic hydroxyl groups is 1. The fourth-order valence-electron chi connectivity index (χ4n) is 2.49. The first-order chi connectivity index (χ1) is 8.66. The predicted octanol–water partition coefficient (Wildman–Crippen LogP) is 4.66. The lowest BCUT2D eigenvalue weighted by atomic mass is 10.1. The van der Waals surface area contributed by atoms with Gasteiger partial charge >= 0.3 is 0 Å². The Bertz CT molecular complexity index is 529. The van der Waals surface area contributed by atoms with Crippen LogP contribution in [-0.2, 0) is 0 Å². The quantitative estimate of drug-likeness (QED) is 0.871. The van der Waals surface area contributed by atoms with Gasteiger partial charge in [0.05, 0.1) is 6.10 Å². The number of hydrogen-bond acceptors (Lipinski definition) is 2. The van der Waals surface area contributed by atoms with Crippen LogP contribution in [-0.4, -0.2) is 5.11 Å². The van der Waals surface area contributed by atoms with Gasteiger partial charge in [0.15, 0.2) is 0 Å². The number of hydrogen-bond donors (Lipinski definition) is 1. The van der Waals surface area contributed by atoms with Gasteiger partial charge in [-0.05, 0) is 52.7 Å². The fraction of sp³-hybridized carbons (Fsp3) is 0.333. The summed E-state index contributed by atoms with van der Waals surface area (Å²) in [4.78, 5) is 2.32. The molecule has 1 N–H and O–H groups in total. The number of benzene rings is 1. The second-order valence-corrected chi connectivity index (χ2v) is 7.06. The molecule has 1 aromatic carbocycles. The molecular formula is C15H15BrOS. The fourth-order valence-corrected chi connectivity index (χ4v) is 4.11. The van der Waals surface area contributed by atoms with Crippen molar-refractivity contribution < 1.29 is 5.11 Å². The van der Waals surface area contributed by atoms with Crippen molar-refractivity contribution in [2.24, 2.45) is 5.92 Å². The van der Waals surface area contributed by atoms with E-state index in [0.29, 0.717) is 11.8 Å². The Labute approximate surface area is 120 Å². The molecule has 0 radical (unpaired) electrons. The Hall–Kier alpha value is -0.640. The highest BCUT2D eigenvalue weighted by Crippen LogP contribution is 2.55. The Morgan fingerprint density at radius 1 is 1.33 bits per heavy atom. The monoisotopic (exact) mass is 322 g/mol. The minimum Gasteiger partial charge on any atom is -0.387 e. The van der Waals surface area contributed by atoms with E-state index in [-0.39, 0.29) is 6.10 Å². The van der Waals surface area contributed by atoms with Crippen molar-refractivity contribution in [1.29, 1.82) is 0 Å². The Morgan fingerprint density at radius 2 is 2.06 bits per heavy atom. The maximum Gasteiger partial charge on any atom is 0.0916 e. The second-order valence-electron chi connectivity index (χ2n) is 4.91. The van der Waals surface area contributed by atoms with E-state index < -0.39 is 0 Å². The van der Waals surface area contributed by atoms with E-state index in [1.807, 2.05) is 6.07 Å². The van der Waals surface area contributed by atoms with Gasteiger partial charge < -0.3 is 5.11 Å². The second kappa shape index (κ2) is 4.80. The first-order valence-corrected chi connectivity index (χ1v) is 7.76. The number of thiophene rings is 1. The molecule has 2 aromatic rings. The zero-order valence-corrected chi connectivity index (χ0v) is 12.5. The highest BCUT2D eigenvalue weighted by atomic mass is 79.9. The lowest BCUT2D eigenvalue weighted by molar-refractivity contribution is 0.155. The predicted molar refractivity (Wildman–Crippen MR) is 79.0 cm³/mol. The third kappa shape index (κ3) is 2.27. The summed E-state index contributed by atoms with van der Waals surface area (Å²) in [6, 6.07) is 12.6. The van der Waals surface area contributed by atoms with Crippen molar-refractivity contribution in [2.75, 3.05) is 0 Å². The van der Waals surface area contributed by atoms with Crippen molar-refractivity contribution in [3.05, 3.63) is 56.2 Å². The molecule has 0 bridgehead atoms. The molecule has 3 heteroatoms. The molecule has 1 aromatic heterocycles. The van der Waals surface area contributed by atoms with Gasteiger partial charge in [-0.15, -0.1) is 11.3 Å². The molecule has 1 fully saturated rings. The van der Waals surface area contributed by atoms with Gasteiger partial charge in [-0.1, -0.05) is 30.3 Å². The number of aryl methyl sites for hydroxylation is 1. The minimum absolute atomic E-state index is 0.315. The van der Waals surface area contributed by atoms with E-state index in [9.17, 15) is 5.11 Å². The van der Waals surface area contributed by atoms with Crippen LogP contribution in [0.4, 0.5) is 0 Å². The van der Waals surface area contributed by atoms with Crippen molar-refractivity contribution in [3.8, 4) is 0 Å². The van der Waals surface area contributed by atoms with Gasteiger partial charge in [0.2, 0.25) is 0 Å². The van der Waals surface area contributed by atoms with Gasteiger partial charge in [0.25, 0.3) is 0 Å². The Morgan fingerprint density at radius 3 is 2.67 bits per heavy atom. The van der Waals surface area contributed by atoms with Crippen LogP contribution >= 0.6 is 27.3 Å². The molecule has 18 heavy (non-hydrogen) atoms. The minimum atomic E-state index is -0.315. The number of halogens is 1. The third-order valence-electron chi connectivity index (χ3n) is 3.64. The van der Waals surface area contributed by atoms with Gasteiger partial charge in [0, 0.05) is 14.2 Å². The standard InChI is InChI=1S/C15H15BrOS/c1-9-13(16)8-14(18-9)15(17)12-7-11(12)10-5-3-2-4-6-10/h2-6,8,11-12,15,17H,7H2,1H3. The zero-order valence-electron chi connectivity index (χ0n) is 10.1. The van der Waals surface area contributed by atoms with E-state index >= 15 is 0 Å². The molecule has 0 saturated heterocycles. The first-order valence-electron chi connectivity index (χ1n) is 6.15. The van der Waals surface area contributed by atoms with Crippen LogP contribution in [0.1, 0.15) is 33.8 Å². The van der Waals surface area contributed by atoms with Crippen LogP contribution in [0.5, 0.6) is 0 Å². The number of rotatable bonds is 3. The average molecular weight is 323 g/mol. The molecule has 1 heterocycles. The van der Waals surface area contributed by atoms with Gasteiger partial charge in [-0.3, -0.25) is 0 Å².